The van der Waals surface area contributed by atoms with Crippen molar-refractivity contribution in [3.8, 4) is 0 Å². The van der Waals surface area contributed by atoms with Crippen LogP contribution in [-0.4, -0.2) is 25.3 Å². The van der Waals surface area contributed by atoms with Gasteiger partial charge in [-0.25, -0.2) is 9.97 Å². The molecule has 2 aromatic heterocycles. The van der Waals surface area contributed by atoms with Gasteiger partial charge in [0.1, 0.15) is 12.4 Å². The van der Waals surface area contributed by atoms with Crippen LogP contribution in [0, 0.1) is 6.92 Å². The first-order valence-corrected chi connectivity index (χ1v) is 5.48. The highest BCUT2D eigenvalue weighted by Gasteiger charge is 2.16. The molecule has 0 saturated carbocycles. The number of hydrogen-bond acceptors (Lipinski definition) is 5. The largest absolute Gasteiger partial charge is 0.383 e. The summed E-state index contributed by atoms with van der Waals surface area (Å²) in [6.07, 6.45) is 4.63. The molecule has 1 atom stereocenters. The van der Waals surface area contributed by atoms with Crippen LogP contribution in [-0.2, 0) is 6.42 Å². The molecule has 88 valence electrons. The zero-order chi connectivity index (χ0) is 12.3. The van der Waals surface area contributed by atoms with Gasteiger partial charge in [-0.2, -0.15) is 10.2 Å². The van der Waals surface area contributed by atoms with Gasteiger partial charge in [0.15, 0.2) is 0 Å². The lowest BCUT2D eigenvalue weighted by Crippen LogP contribution is -2.08. The molecule has 5 heteroatoms. The molecule has 1 unspecified atom stereocenters. The second-order valence-electron chi connectivity index (χ2n) is 3.82. The minimum atomic E-state index is -0.750. The van der Waals surface area contributed by atoms with Gasteiger partial charge in [-0.15, -0.1) is 0 Å². The second kappa shape index (κ2) is 4.97. The summed E-state index contributed by atoms with van der Waals surface area (Å²) in [4.78, 5) is 7.80. The Labute approximate surface area is 99.6 Å². The van der Waals surface area contributed by atoms with Crippen molar-refractivity contribution in [1.29, 1.82) is 0 Å². The summed E-state index contributed by atoms with van der Waals surface area (Å²) in [6, 6.07) is 1.85. The lowest BCUT2D eigenvalue weighted by atomic mass is 10.0. The minimum absolute atomic E-state index is 0.662. The van der Waals surface area contributed by atoms with Crippen LogP contribution >= 0.6 is 0 Å². The third-order valence-corrected chi connectivity index (χ3v) is 2.55. The smallest absolute Gasteiger partial charge is 0.115 e. The first-order valence-electron chi connectivity index (χ1n) is 5.48. The predicted octanol–water partition coefficient (Wildman–Crippen LogP) is 1.22. The van der Waals surface area contributed by atoms with Crippen molar-refractivity contribution in [3.05, 3.63) is 47.3 Å². The molecule has 2 aromatic rings. The average molecular weight is 230 g/mol. The molecule has 0 aliphatic carbocycles. The van der Waals surface area contributed by atoms with Gasteiger partial charge in [-0.3, -0.25) is 0 Å². The quantitative estimate of drug-likeness (QED) is 0.858. The van der Waals surface area contributed by atoms with Crippen LogP contribution in [0.4, 0.5) is 0 Å². The van der Waals surface area contributed by atoms with Crippen LogP contribution in [0.2, 0.25) is 0 Å². The van der Waals surface area contributed by atoms with E-state index in [1.807, 2.05) is 19.9 Å². The van der Waals surface area contributed by atoms with E-state index in [1.54, 1.807) is 12.4 Å². The second-order valence-corrected chi connectivity index (χ2v) is 3.82. The predicted molar refractivity (Wildman–Crippen MR) is 62.2 cm³/mol. The highest BCUT2D eigenvalue weighted by atomic mass is 16.3. The van der Waals surface area contributed by atoms with E-state index >= 15 is 0 Å². The van der Waals surface area contributed by atoms with Crippen molar-refractivity contribution in [3.63, 3.8) is 0 Å². The molecule has 2 heterocycles. The number of aromatic nitrogens is 4. The van der Waals surface area contributed by atoms with Gasteiger partial charge < -0.3 is 5.11 Å². The van der Waals surface area contributed by atoms with E-state index in [1.165, 1.54) is 6.33 Å². The summed E-state index contributed by atoms with van der Waals surface area (Å²) in [5.74, 6) is 0. The van der Waals surface area contributed by atoms with Gasteiger partial charge in [0, 0.05) is 23.5 Å². The Bertz CT molecular complexity index is 501. The summed E-state index contributed by atoms with van der Waals surface area (Å²) < 4.78 is 0. The molecule has 0 amide bonds. The van der Waals surface area contributed by atoms with Crippen molar-refractivity contribution in [1.82, 2.24) is 20.2 Å². The Balaban J connectivity index is 2.43. The number of aliphatic hydroxyl groups is 1. The van der Waals surface area contributed by atoms with Crippen molar-refractivity contribution >= 4 is 0 Å². The number of nitrogens with zero attached hydrogens (tertiary/aromatic N) is 4. The molecule has 17 heavy (non-hydrogen) atoms. The van der Waals surface area contributed by atoms with Crippen LogP contribution < -0.4 is 0 Å². The van der Waals surface area contributed by atoms with E-state index in [4.69, 9.17) is 0 Å². The lowest BCUT2D eigenvalue weighted by Gasteiger charge is -2.13. The van der Waals surface area contributed by atoms with Gasteiger partial charge in [0.2, 0.25) is 0 Å². The maximum atomic E-state index is 10.3. The Morgan fingerprint density at radius 2 is 1.94 bits per heavy atom. The molecule has 2 rings (SSSR count). The minimum Gasteiger partial charge on any atom is -0.383 e. The van der Waals surface area contributed by atoms with Crippen LogP contribution in [0.5, 0.6) is 0 Å². The highest BCUT2D eigenvalue weighted by Crippen LogP contribution is 2.23. The number of rotatable bonds is 3. The Morgan fingerprint density at radius 1 is 1.24 bits per heavy atom. The molecule has 0 radical (unpaired) electrons. The summed E-state index contributed by atoms with van der Waals surface area (Å²) >= 11 is 0. The van der Waals surface area contributed by atoms with Crippen molar-refractivity contribution in [2.75, 3.05) is 0 Å². The zero-order valence-electron chi connectivity index (χ0n) is 9.83. The molecule has 1 N–H and O–H groups in total. The summed E-state index contributed by atoms with van der Waals surface area (Å²) in [5, 5.41) is 18.4. The number of hydrogen-bond donors (Lipinski definition) is 1. The van der Waals surface area contributed by atoms with E-state index in [2.05, 4.69) is 20.2 Å². The summed E-state index contributed by atoms with van der Waals surface area (Å²) in [5.41, 5.74) is 3.02. The molecule has 0 spiro atoms. The SMILES string of the molecule is CCc1nnc(C)cc1C(O)c1cncnc1. The Kier molecular flexibility index (Phi) is 3.39. The van der Waals surface area contributed by atoms with Gasteiger partial charge in [-0.05, 0) is 19.4 Å². The van der Waals surface area contributed by atoms with E-state index in [0.29, 0.717) is 5.56 Å². The van der Waals surface area contributed by atoms with E-state index < -0.39 is 6.10 Å². The molecular formula is C12H14N4O. The van der Waals surface area contributed by atoms with Crippen LogP contribution in [0.15, 0.2) is 24.8 Å². The molecule has 0 saturated heterocycles. The normalized spacial score (nSPS) is 12.4. The maximum Gasteiger partial charge on any atom is 0.115 e. The molecule has 0 bridgehead atoms. The highest BCUT2D eigenvalue weighted by molar-refractivity contribution is 5.30. The van der Waals surface area contributed by atoms with E-state index in [-0.39, 0.29) is 0 Å². The van der Waals surface area contributed by atoms with E-state index in [9.17, 15) is 5.11 Å². The third-order valence-electron chi connectivity index (χ3n) is 2.55. The summed E-state index contributed by atoms with van der Waals surface area (Å²) in [6.45, 7) is 3.83. The average Bonchev–Trinajstić information content (AvgIpc) is 2.39. The monoisotopic (exact) mass is 230 g/mol. The molecule has 0 aliphatic rings. The van der Waals surface area contributed by atoms with Gasteiger partial charge in [-0.1, -0.05) is 6.92 Å². The van der Waals surface area contributed by atoms with Crippen LogP contribution in [0.3, 0.4) is 0 Å². The van der Waals surface area contributed by atoms with Crippen molar-refractivity contribution in [2.24, 2.45) is 0 Å². The molecule has 0 fully saturated rings. The standard InChI is InChI=1S/C12H14N4O/c1-3-11-10(4-8(2)15-16-11)12(17)9-5-13-7-14-6-9/h4-7,12,17H,3H2,1-2H3. The van der Waals surface area contributed by atoms with Gasteiger partial charge >= 0.3 is 0 Å². The van der Waals surface area contributed by atoms with Crippen molar-refractivity contribution < 1.29 is 5.11 Å². The Hall–Kier alpha value is -1.88. The third kappa shape index (κ3) is 2.45. The molecule has 0 aromatic carbocycles. The number of aryl methyl sites for hydroxylation is 2. The molecule has 5 nitrogen and oxygen atoms in total. The fourth-order valence-electron chi connectivity index (χ4n) is 1.68. The van der Waals surface area contributed by atoms with Gasteiger partial charge in [0.25, 0.3) is 0 Å². The maximum absolute atomic E-state index is 10.3. The van der Waals surface area contributed by atoms with Crippen LogP contribution in [0.25, 0.3) is 0 Å². The van der Waals surface area contributed by atoms with Gasteiger partial charge in [0.05, 0.1) is 11.4 Å². The van der Waals surface area contributed by atoms with E-state index in [0.717, 1.165) is 23.4 Å². The van der Waals surface area contributed by atoms with Crippen LogP contribution in [0.1, 0.15) is 35.5 Å². The topological polar surface area (TPSA) is 71.8 Å². The fourth-order valence-corrected chi connectivity index (χ4v) is 1.68. The zero-order valence-corrected chi connectivity index (χ0v) is 9.83. The summed E-state index contributed by atoms with van der Waals surface area (Å²) in [7, 11) is 0. The first kappa shape index (κ1) is 11.6. The number of aliphatic hydroxyl groups excluding tert-OH is 1. The molecular weight excluding hydrogens is 216 g/mol. The first-order chi connectivity index (χ1) is 8.22. The van der Waals surface area contributed by atoms with Crippen molar-refractivity contribution in [2.45, 2.75) is 26.4 Å². The molecule has 0 aliphatic heterocycles. The fraction of sp³-hybridized carbons (Fsp3) is 0.333. The lowest BCUT2D eigenvalue weighted by molar-refractivity contribution is 0.217. The Morgan fingerprint density at radius 3 is 2.59 bits per heavy atom.